The topological polar surface area (TPSA) is 18.5 Å². The number of thiocarbonyl (C=S) groups is 1. The number of aryl methyl sites for hydroxylation is 1. The van der Waals surface area contributed by atoms with Gasteiger partial charge in [0, 0.05) is 42.9 Å². The molecule has 2 aromatic rings. The van der Waals surface area contributed by atoms with Crippen LogP contribution in [0.5, 0.6) is 0 Å². The molecule has 1 fully saturated rings. The van der Waals surface area contributed by atoms with Crippen molar-refractivity contribution < 1.29 is 0 Å². The van der Waals surface area contributed by atoms with Crippen LogP contribution in [-0.4, -0.2) is 41.1 Å². The van der Waals surface area contributed by atoms with Crippen molar-refractivity contribution in [3.8, 4) is 0 Å². The van der Waals surface area contributed by atoms with Crippen molar-refractivity contribution in [3.63, 3.8) is 0 Å². The van der Waals surface area contributed by atoms with E-state index in [-0.39, 0.29) is 0 Å². The highest BCUT2D eigenvalue weighted by molar-refractivity contribution is 9.10. The Balaban J connectivity index is 1.50. The van der Waals surface area contributed by atoms with Gasteiger partial charge in [-0.05, 0) is 42.9 Å². The molecule has 126 valence electrons. The van der Waals surface area contributed by atoms with Gasteiger partial charge >= 0.3 is 0 Å². The number of hydrogen-bond donors (Lipinski definition) is 1. The van der Waals surface area contributed by atoms with Gasteiger partial charge in [-0.3, -0.25) is 4.90 Å². The molecular weight excluding hydrogens is 382 g/mol. The summed E-state index contributed by atoms with van der Waals surface area (Å²) in [7, 11) is 0. The second kappa shape index (κ2) is 8.10. The number of nitrogens with one attached hydrogen (secondary N) is 1. The first kappa shape index (κ1) is 17.4. The Kier molecular flexibility index (Phi) is 5.87. The second-order valence-corrected chi connectivity index (χ2v) is 7.39. The minimum atomic E-state index is 0.819. The van der Waals surface area contributed by atoms with E-state index < -0.39 is 0 Å². The Labute approximate surface area is 157 Å². The maximum atomic E-state index is 5.57. The molecule has 0 radical (unpaired) electrons. The van der Waals surface area contributed by atoms with Gasteiger partial charge in [0.15, 0.2) is 5.11 Å². The zero-order valence-electron chi connectivity index (χ0n) is 13.8. The highest BCUT2D eigenvalue weighted by Gasteiger charge is 2.19. The first-order valence-corrected chi connectivity index (χ1v) is 9.40. The molecule has 0 spiro atoms. The fraction of sp³-hybridized carbons (Fsp3) is 0.316. The highest BCUT2D eigenvalue weighted by Crippen LogP contribution is 2.19. The van der Waals surface area contributed by atoms with Gasteiger partial charge in [0.05, 0.1) is 0 Å². The summed E-state index contributed by atoms with van der Waals surface area (Å²) in [5, 5.41) is 4.16. The first-order valence-electron chi connectivity index (χ1n) is 8.20. The van der Waals surface area contributed by atoms with Crippen LogP contribution in [0, 0.1) is 6.92 Å². The van der Waals surface area contributed by atoms with E-state index in [1.54, 1.807) is 0 Å². The lowest BCUT2D eigenvalue weighted by Gasteiger charge is -2.36. The number of piperazine rings is 1. The van der Waals surface area contributed by atoms with Crippen molar-refractivity contribution in [1.29, 1.82) is 0 Å². The van der Waals surface area contributed by atoms with E-state index in [0.717, 1.165) is 43.5 Å². The number of nitrogens with zero attached hydrogens (tertiary/aromatic N) is 2. The fourth-order valence-corrected chi connectivity index (χ4v) is 3.53. The van der Waals surface area contributed by atoms with E-state index >= 15 is 0 Å². The predicted octanol–water partition coefficient (Wildman–Crippen LogP) is 4.27. The minimum absolute atomic E-state index is 0.819. The quantitative estimate of drug-likeness (QED) is 0.770. The normalized spacial score (nSPS) is 15.3. The Bertz CT molecular complexity index is 694. The molecule has 3 rings (SSSR count). The molecule has 0 unspecified atom stereocenters. The molecule has 1 heterocycles. The summed E-state index contributed by atoms with van der Waals surface area (Å²) in [5.41, 5.74) is 3.65. The van der Waals surface area contributed by atoms with E-state index in [1.807, 2.05) is 0 Å². The number of rotatable bonds is 3. The summed E-state index contributed by atoms with van der Waals surface area (Å²) in [6.45, 7) is 7.04. The van der Waals surface area contributed by atoms with Crippen molar-refractivity contribution in [1.82, 2.24) is 9.80 Å². The van der Waals surface area contributed by atoms with Gasteiger partial charge in [0.25, 0.3) is 0 Å². The highest BCUT2D eigenvalue weighted by atomic mass is 79.9. The Morgan fingerprint density at radius 1 is 1.04 bits per heavy atom. The molecule has 0 atom stereocenters. The van der Waals surface area contributed by atoms with Crippen LogP contribution in [0.2, 0.25) is 0 Å². The molecule has 0 amide bonds. The van der Waals surface area contributed by atoms with Crippen LogP contribution in [0.1, 0.15) is 11.1 Å². The SMILES string of the molecule is Cc1ccc(NC(=S)N2CCN(Cc3ccccc3Br)CC2)cc1. The van der Waals surface area contributed by atoms with Crippen LogP contribution in [0.3, 0.4) is 0 Å². The third kappa shape index (κ3) is 4.56. The van der Waals surface area contributed by atoms with E-state index in [2.05, 4.69) is 86.5 Å². The number of halogens is 1. The molecule has 5 heteroatoms. The van der Waals surface area contributed by atoms with Crippen molar-refractivity contribution >= 4 is 38.9 Å². The lowest BCUT2D eigenvalue weighted by Crippen LogP contribution is -2.49. The average Bonchev–Trinajstić information content (AvgIpc) is 2.59. The lowest BCUT2D eigenvalue weighted by atomic mass is 10.2. The van der Waals surface area contributed by atoms with E-state index in [4.69, 9.17) is 12.2 Å². The van der Waals surface area contributed by atoms with Crippen LogP contribution < -0.4 is 5.32 Å². The molecule has 0 bridgehead atoms. The van der Waals surface area contributed by atoms with Gasteiger partial charge in [-0.25, -0.2) is 0 Å². The maximum absolute atomic E-state index is 5.57. The summed E-state index contributed by atoms with van der Waals surface area (Å²) >= 11 is 9.20. The van der Waals surface area contributed by atoms with Crippen molar-refractivity contribution in [2.45, 2.75) is 13.5 Å². The van der Waals surface area contributed by atoms with Crippen LogP contribution >= 0.6 is 28.1 Å². The van der Waals surface area contributed by atoms with Gasteiger partial charge in [-0.1, -0.05) is 51.8 Å². The van der Waals surface area contributed by atoms with Gasteiger partial charge in [0.2, 0.25) is 0 Å². The van der Waals surface area contributed by atoms with Crippen LogP contribution in [0.25, 0.3) is 0 Å². The summed E-state index contributed by atoms with van der Waals surface area (Å²) < 4.78 is 1.18. The first-order chi connectivity index (χ1) is 11.6. The van der Waals surface area contributed by atoms with Crippen LogP contribution in [0.4, 0.5) is 5.69 Å². The smallest absolute Gasteiger partial charge is 0.173 e. The van der Waals surface area contributed by atoms with Gasteiger partial charge in [0.1, 0.15) is 0 Å². The summed E-state index contributed by atoms with van der Waals surface area (Å²) in [6.07, 6.45) is 0. The maximum Gasteiger partial charge on any atom is 0.173 e. The number of anilines is 1. The molecule has 1 aliphatic heterocycles. The zero-order valence-corrected chi connectivity index (χ0v) is 16.2. The third-order valence-electron chi connectivity index (χ3n) is 4.31. The van der Waals surface area contributed by atoms with Crippen molar-refractivity contribution in [2.75, 3.05) is 31.5 Å². The second-order valence-electron chi connectivity index (χ2n) is 6.15. The molecule has 1 N–H and O–H groups in total. The number of hydrogen-bond acceptors (Lipinski definition) is 2. The zero-order chi connectivity index (χ0) is 16.9. The minimum Gasteiger partial charge on any atom is -0.346 e. The average molecular weight is 404 g/mol. The Hall–Kier alpha value is -1.43. The number of benzene rings is 2. The molecular formula is C19H22BrN3S. The molecule has 24 heavy (non-hydrogen) atoms. The molecule has 1 saturated heterocycles. The van der Waals surface area contributed by atoms with Crippen LogP contribution in [-0.2, 0) is 6.54 Å². The van der Waals surface area contributed by atoms with E-state index in [1.165, 1.54) is 15.6 Å². The molecule has 0 aliphatic carbocycles. The summed E-state index contributed by atoms with van der Waals surface area (Å²) in [4.78, 5) is 4.73. The Morgan fingerprint density at radius 3 is 2.38 bits per heavy atom. The predicted molar refractivity (Wildman–Crippen MR) is 108 cm³/mol. The molecule has 0 aromatic heterocycles. The Morgan fingerprint density at radius 2 is 1.71 bits per heavy atom. The van der Waals surface area contributed by atoms with E-state index in [9.17, 15) is 0 Å². The summed E-state index contributed by atoms with van der Waals surface area (Å²) in [6, 6.07) is 16.8. The van der Waals surface area contributed by atoms with Crippen molar-refractivity contribution in [2.24, 2.45) is 0 Å². The fourth-order valence-electron chi connectivity index (χ4n) is 2.82. The molecule has 1 aliphatic rings. The third-order valence-corrected chi connectivity index (χ3v) is 5.45. The summed E-state index contributed by atoms with van der Waals surface area (Å²) in [5.74, 6) is 0. The van der Waals surface area contributed by atoms with Crippen molar-refractivity contribution in [3.05, 3.63) is 64.1 Å². The molecule has 2 aromatic carbocycles. The van der Waals surface area contributed by atoms with Gasteiger partial charge in [-0.15, -0.1) is 0 Å². The largest absolute Gasteiger partial charge is 0.346 e. The van der Waals surface area contributed by atoms with E-state index in [0.29, 0.717) is 0 Å². The lowest BCUT2D eigenvalue weighted by molar-refractivity contribution is 0.176. The molecule has 0 saturated carbocycles. The van der Waals surface area contributed by atoms with Crippen LogP contribution in [0.15, 0.2) is 53.0 Å². The molecule has 3 nitrogen and oxygen atoms in total. The monoisotopic (exact) mass is 403 g/mol. The van der Waals surface area contributed by atoms with Gasteiger partial charge < -0.3 is 10.2 Å². The van der Waals surface area contributed by atoms with Gasteiger partial charge in [-0.2, -0.15) is 0 Å². The standard InChI is InChI=1S/C19H22BrN3S/c1-15-6-8-17(9-7-15)21-19(24)23-12-10-22(11-13-23)14-16-4-2-3-5-18(16)20/h2-9H,10-14H2,1H3,(H,21,24).